The van der Waals surface area contributed by atoms with Crippen molar-refractivity contribution in [3.05, 3.63) is 69.4 Å². The number of hydrogen-bond donors (Lipinski definition) is 2. The number of methoxy groups -OCH3 is 1. The summed E-state index contributed by atoms with van der Waals surface area (Å²) >= 11 is 0.377. The summed E-state index contributed by atoms with van der Waals surface area (Å²) in [6.45, 7) is 3.77. The van der Waals surface area contributed by atoms with Gasteiger partial charge in [-0.25, -0.2) is 0 Å². The van der Waals surface area contributed by atoms with Gasteiger partial charge in [0, 0.05) is 67.5 Å². The van der Waals surface area contributed by atoms with E-state index < -0.39 is 82.5 Å². The molecule has 2 amide bonds. The number of carbonyl (C=O) groups excluding carboxylic acids is 2. The number of aliphatic carboxylic acids is 1. The van der Waals surface area contributed by atoms with E-state index in [0.717, 1.165) is 29.8 Å². The molecule has 0 saturated carbocycles. The second-order valence-corrected chi connectivity index (χ2v) is 15.0. The first kappa shape index (κ1) is 41.1. The molecule has 2 aliphatic heterocycles. The molecule has 0 bridgehead atoms. The zero-order chi connectivity index (χ0) is 39.6. The summed E-state index contributed by atoms with van der Waals surface area (Å²) in [5.41, 5.74) is -3.43. The van der Waals surface area contributed by atoms with Crippen molar-refractivity contribution in [2.75, 3.05) is 13.7 Å². The summed E-state index contributed by atoms with van der Waals surface area (Å²) in [5.74, 6) is -3.55. The number of aliphatic hydroxyl groups is 1. The Morgan fingerprint density at radius 2 is 1.85 bits per heavy atom. The highest BCUT2D eigenvalue weighted by molar-refractivity contribution is 7.10. The van der Waals surface area contributed by atoms with Crippen LogP contribution < -0.4 is 4.74 Å². The molecule has 2 saturated heterocycles. The number of rotatable bonds is 11. The molecule has 5 rings (SSSR count). The highest BCUT2D eigenvalue weighted by Gasteiger charge is 2.52. The summed E-state index contributed by atoms with van der Waals surface area (Å²) in [6, 6.07) is 0.670. The molecule has 0 aromatic carbocycles. The number of thiophene rings is 1. The second-order valence-electron chi connectivity index (χ2n) is 14.1. The fraction of sp³-hybridized carbons (Fsp3) is 0.568. The predicted molar refractivity (Wildman–Crippen MR) is 184 cm³/mol. The van der Waals surface area contributed by atoms with E-state index in [9.17, 15) is 50.9 Å². The van der Waals surface area contributed by atoms with Gasteiger partial charge in [0.15, 0.2) is 6.23 Å². The number of halogens is 6. The molecule has 2 aromatic rings. The van der Waals surface area contributed by atoms with Crippen molar-refractivity contribution in [2.45, 2.75) is 108 Å². The topological polar surface area (TPSA) is 130 Å². The first-order chi connectivity index (χ1) is 25.4. The SMILES string of the molecule is CCC[C@@H]1[C@H](C(=O)N2C(CCC(=O)O)CC(O)(C3=C(OC)CC(C)C=C3)CC2Oc2csc(C(F)(F)F)c2)CCCN1C(=O)c1ncccc1C(F)(F)F. The number of hydrogen-bond acceptors (Lipinski definition) is 8. The van der Waals surface area contributed by atoms with Crippen LogP contribution in [0.1, 0.15) is 92.6 Å². The number of carboxylic acids is 1. The molecule has 2 fully saturated rings. The lowest BCUT2D eigenvalue weighted by Gasteiger charge is -2.51. The van der Waals surface area contributed by atoms with Gasteiger partial charge in [0.1, 0.15) is 27.7 Å². The minimum absolute atomic E-state index is 0.0388. The Kier molecular flexibility index (Phi) is 12.4. The zero-order valence-electron chi connectivity index (χ0n) is 30.0. The predicted octanol–water partition coefficient (Wildman–Crippen LogP) is 7.69. The summed E-state index contributed by atoms with van der Waals surface area (Å²) < 4.78 is 94.7. The van der Waals surface area contributed by atoms with Gasteiger partial charge in [-0.1, -0.05) is 32.4 Å². The monoisotopic (exact) mass is 787 g/mol. The molecule has 296 valence electrons. The number of carboxylic acid groups (broad SMARTS) is 1. The van der Waals surface area contributed by atoms with Gasteiger partial charge in [0.05, 0.1) is 18.6 Å². The maximum Gasteiger partial charge on any atom is 0.425 e. The average molecular weight is 788 g/mol. The Morgan fingerprint density at radius 3 is 2.48 bits per heavy atom. The van der Waals surface area contributed by atoms with Gasteiger partial charge in [0.2, 0.25) is 5.91 Å². The standard InChI is InChI=1S/C37H43F6N3O7S/c1-4-7-27-24(8-6-15-45(27)34(50)32-26(36(38,39)40)9-5-14-44-32)33(49)46-22(11-13-31(47)48)18-35(51,25-12-10-21(2)16-28(25)52-3)19-30(46)53-23-17-29(54-20-23)37(41,42)43/h5,9-10,12,14,17,20-22,24,27,30,51H,4,6-8,11,13,15-16,18-19H2,1-3H3,(H,47,48)/t21?,22?,24-,27-,30?,35?/m1/s1. The molecule has 6 atom stereocenters. The number of pyridine rings is 1. The van der Waals surface area contributed by atoms with Crippen LogP contribution in [0.5, 0.6) is 5.75 Å². The van der Waals surface area contributed by atoms with Crippen LogP contribution in [0.3, 0.4) is 0 Å². The minimum atomic E-state index is -4.88. The van der Waals surface area contributed by atoms with Crippen LogP contribution in [0.2, 0.25) is 0 Å². The molecular weight excluding hydrogens is 744 g/mol. The van der Waals surface area contributed by atoms with E-state index >= 15 is 0 Å². The van der Waals surface area contributed by atoms with Gasteiger partial charge in [-0.15, -0.1) is 11.3 Å². The number of carbonyl (C=O) groups is 3. The molecule has 4 heterocycles. The van der Waals surface area contributed by atoms with Crippen LogP contribution in [-0.4, -0.2) is 80.3 Å². The van der Waals surface area contributed by atoms with Gasteiger partial charge in [-0.2, -0.15) is 26.3 Å². The minimum Gasteiger partial charge on any atom is -0.501 e. The maximum atomic E-state index is 15.0. The van der Waals surface area contributed by atoms with E-state index in [2.05, 4.69) is 4.98 Å². The van der Waals surface area contributed by atoms with Crippen molar-refractivity contribution in [1.82, 2.24) is 14.8 Å². The average Bonchev–Trinajstić information content (AvgIpc) is 3.59. The number of likely N-dealkylation sites (tertiary alicyclic amines) is 2. The molecule has 0 spiro atoms. The Hall–Kier alpha value is -4.12. The molecule has 10 nitrogen and oxygen atoms in total. The van der Waals surface area contributed by atoms with E-state index in [1.54, 1.807) is 13.0 Å². The molecule has 2 aromatic heterocycles. The van der Waals surface area contributed by atoms with Crippen LogP contribution in [0.4, 0.5) is 26.3 Å². The number of aromatic nitrogens is 1. The largest absolute Gasteiger partial charge is 0.501 e. The van der Waals surface area contributed by atoms with Gasteiger partial charge in [-0.05, 0) is 43.7 Å². The molecule has 1 aliphatic carbocycles. The lowest BCUT2D eigenvalue weighted by Crippen LogP contribution is -2.63. The number of piperidine rings is 2. The Labute approximate surface area is 312 Å². The number of alkyl halides is 6. The van der Waals surface area contributed by atoms with Crippen LogP contribution in [0.25, 0.3) is 0 Å². The van der Waals surface area contributed by atoms with Crippen LogP contribution in [0, 0.1) is 11.8 Å². The van der Waals surface area contributed by atoms with E-state index in [-0.39, 0.29) is 56.7 Å². The van der Waals surface area contributed by atoms with Gasteiger partial charge >= 0.3 is 18.3 Å². The maximum absolute atomic E-state index is 15.0. The highest BCUT2D eigenvalue weighted by Crippen LogP contribution is 2.45. The lowest BCUT2D eigenvalue weighted by atomic mass is 9.74. The van der Waals surface area contributed by atoms with Crippen LogP contribution in [-0.2, 0) is 26.7 Å². The Balaban J connectivity index is 1.58. The van der Waals surface area contributed by atoms with Gasteiger partial charge in [-0.3, -0.25) is 19.4 Å². The Morgan fingerprint density at radius 1 is 1.11 bits per heavy atom. The number of nitrogens with zero attached hydrogens (tertiary/aromatic N) is 3. The van der Waals surface area contributed by atoms with Crippen molar-refractivity contribution < 1.29 is 60.4 Å². The number of allylic oxidation sites excluding steroid dienone is 2. The second kappa shape index (κ2) is 16.3. The molecule has 3 aliphatic rings. The first-order valence-electron chi connectivity index (χ1n) is 17.8. The molecule has 17 heteroatoms. The first-order valence-corrected chi connectivity index (χ1v) is 18.6. The lowest BCUT2D eigenvalue weighted by molar-refractivity contribution is -0.169. The van der Waals surface area contributed by atoms with E-state index in [0.29, 0.717) is 35.5 Å². The normalized spacial score (nSPS) is 26.5. The van der Waals surface area contributed by atoms with Crippen molar-refractivity contribution in [3.63, 3.8) is 0 Å². The molecule has 2 N–H and O–H groups in total. The van der Waals surface area contributed by atoms with Crippen molar-refractivity contribution in [3.8, 4) is 5.75 Å². The zero-order valence-corrected chi connectivity index (χ0v) is 30.8. The van der Waals surface area contributed by atoms with Crippen molar-refractivity contribution in [1.29, 1.82) is 0 Å². The fourth-order valence-corrected chi connectivity index (χ4v) is 8.55. The van der Waals surface area contributed by atoms with Crippen LogP contribution in [0.15, 0.2) is 53.3 Å². The molecule has 54 heavy (non-hydrogen) atoms. The third kappa shape index (κ3) is 8.88. The molecule has 4 unspecified atom stereocenters. The van der Waals surface area contributed by atoms with E-state index in [1.807, 2.05) is 13.0 Å². The summed E-state index contributed by atoms with van der Waals surface area (Å²) in [6.07, 6.45) is -5.99. The summed E-state index contributed by atoms with van der Waals surface area (Å²) in [7, 11) is 1.44. The van der Waals surface area contributed by atoms with Crippen molar-refractivity contribution >= 4 is 29.1 Å². The van der Waals surface area contributed by atoms with E-state index in [1.165, 1.54) is 16.9 Å². The van der Waals surface area contributed by atoms with Crippen molar-refractivity contribution in [2.24, 2.45) is 11.8 Å². The Bertz CT molecular complexity index is 1760. The van der Waals surface area contributed by atoms with Gasteiger partial charge in [0.25, 0.3) is 5.91 Å². The fourth-order valence-electron chi connectivity index (χ4n) is 7.87. The molecule has 0 radical (unpaired) electrons. The van der Waals surface area contributed by atoms with Gasteiger partial charge < -0.3 is 29.5 Å². The van der Waals surface area contributed by atoms with Crippen LogP contribution >= 0.6 is 11.3 Å². The van der Waals surface area contributed by atoms with E-state index in [4.69, 9.17) is 9.47 Å². The third-order valence-electron chi connectivity index (χ3n) is 10.3. The number of ether oxygens (including phenoxy) is 2. The molecular formula is C37H43F6N3O7S. The number of amides is 2. The summed E-state index contributed by atoms with van der Waals surface area (Å²) in [5, 5.41) is 23.2. The summed E-state index contributed by atoms with van der Waals surface area (Å²) in [4.78, 5) is 46.1. The smallest absolute Gasteiger partial charge is 0.425 e. The third-order valence-corrected chi connectivity index (χ3v) is 11.2. The quantitative estimate of drug-likeness (QED) is 0.222. The highest BCUT2D eigenvalue weighted by atomic mass is 32.1.